The summed E-state index contributed by atoms with van der Waals surface area (Å²) in [5, 5.41) is 8.16. The Morgan fingerprint density at radius 3 is 3.06 bits per heavy atom. The van der Waals surface area contributed by atoms with Crippen LogP contribution >= 0.6 is 23.4 Å². The molecule has 0 radical (unpaired) electrons. The fraction of sp³-hybridized carbons (Fsp3) is 0.500. The van der Waals surface area contributed by atoms with Crippen LogP contribution in [0, 0.1) is 0 Å². The van der Waals surface area contributed by atoms with Crippen LogP contribution in [0.3, 0.4) is 0 Å². The minimum atomic E-state index is 0.490. The molecule has 0 spiro atoms. The molecule has 2 N–H and O–H groups in total. The summed E-state index contributed by atoms with van der Waals surface area (Å²) in [5.41, 5.74) is 1.17. The number of hydrogen-bond donors (Lipinski definition) is 2. The van der Waals surface area contributed by atoms with Gasteiger partial charge in [0.1, 0.15) is 0 Å². The summed E-state index contributed by atoms with van der Waals surface area (Å²) in [5.74, 6) is 0. The van der Waals surface area contributed by atoms with Gasteiger partial charge in [0.2, 0.25) is 0 Å². The zero-order valence-electron chi connectivity index (χ0n) is 9.59. The number of nitrogens with one attached hydrogen (secondary N) is 2. The monoisotopic (exact) mass is 256 g/mol. The van der Waals surface area contributed by atoms with Crippen molar-refractivity contribution in [1.29, 1.82) is 0 Å². The standard InChI is InChI=1S/C12H17ClN2S/c1-8-11(5-6-14-2)16-12-4-3-9(13)7-10(12)15-8/h3-4,7-8,11,14-15H,5-6H2,1-2H3. The van der Waals surface area contributed by atoms with Gasteiger partial charge in [-0.25, -0.2) is 0 Å². The quantitative estimate of drug-likeness (QED) is 0.868. The molecule has 0 saturated carbocycles. The van der Waals surface area contributed by atoms with E-state index < -0.39 is 0 Å². The number of fused-ring (bicyclic) bond motifs is 1. The minimum Gasteiger partial charge on any atom is -0.381 e. The molecule has 0 saturated heterocycles. The second-order valence-corrected chi connectivity index (χ2v) is 5.84. The molecule has 1 aromatic carbocycles. The first-order valence-electron chi connectivity index (χ1n) is 5.58. The van der Waals surface area contributed by atoms with Gasteiger partial charge in [-0.1, -0.05) is 11.6 Å². The van der Waals surface area contributed by atoms with Crippen molar-refractivity contribution < 1.29 is 0 Å². The number of thioether (sulfide) groups is 1. The fourth-order valence-corrected chi connectivity index (χ4v) is 3.31. The third-order valence-electron chi connectivity index (χ3n) is 2.84. The zero-order chi connectivity index (χ0) is 11.5. The summed E-state index contributed by atoms with van der Waals surface area (Å²) in [4.78, 5) is 1.31. The molecule has 0 bridgehead atoms. The zero-order valence-corrected chi connectivity index (χ0v) is 11.2. The van der Waals surface area contributed by atoms with Crippen molar-refractivity contribution in [3.8, 4) is 0 Å². The number of benzene rings is 1. The first-order chi connectivity index (χ1) is 7.70. The second-order valence-electron chi connectivity index (χ2n) is 4.12. The summed E-state index contributed by atoms with van der Waals surface area (Å²) in [7, 11) is 2.00. The van der Waals surface area contributed by atoms with E-state index in [9.17, 15) is 0 Å². The van der Waals surface area contributed by atoms with Crippen molar-refractivity contribution in [3.05, 3.63) is 23.2 Å². The van der Waals surface area contributed by atoms with Gasteiger partial charge in [-0.15, -0.1) is 11.8 Å². The number of hydrogen-bond acceptors (Lipinski definition) is 3. The molecule has 88 valence electrons. The number of halogens is 1. The Labute approximate surface area is 106 Å². The number of anilines is 1. The van der Waals surface area contributed by atoms with Crippen molar-refractivity contribution in [2.45, 2.75) is 29.5 Å². The molecular formula is C12H17ClN2S. The molecule has 0 aromatic heterocycles. The lowest BCUT2D eigenvalue weighted by Crippen LogP contribution is -2.33. The summed E-state index contributed by atoms with van der Waals surface area (Å²) < 4.78 is 0. The Morgan fingerprint density at radius 1 is 1.50 bits per heavy atom. The third kappa shape index (κ3) is 2.65. The fourth-order valence-electron chi connectivity index (χ4n) is 1.92. The van der Waals surface area contributed by atoms with E-state index in [0.717, 1.165) is 11.6 Å². The van der Waals surface area contributed by atoms with Crippen molar-refractivity contribution in [2.24, 2.45) is 0 Å². The molecule has 2 atom stereocenters. The highest BCUT2D eigenvalue weighted by molar-refractivity contribution is 8.00. The molecule has 0 amide bonds. The van der Waals surface area contributed by atoms with E-state index >= 15 is 0 Å². The molecule has 2 unspecified atom stereocenters. The normalized spacial score (nSPS) is 23.7. The van der Waals surface area contributed by atoms with Crippen LogP contribution in [0.2, 0.25) is 5.02 Å². The highest BCUT2D eigenvalue weighted by Gasteiger charge is 2.24. The second kappa shape index (κ2) is 5.30. The molecule has 1 aromatic rings. The van der Waals surface area contributed by atoms with E-state index in [2.05, 4.69) is 23.6 Å². The van der Waals surface area contributed by atoms with Crippen LogP contribution in [-0.4, -0.2) is 24.9 Å². The summed E-state index contributed by atoms with van der Waals surface area (Å²) in [6.45, 7) is 3.30. The van der Waals surface area contributed by atoms with Gasteiger partial charge in [-0.2, -0.15) is 0 Å². The first-order valence-corrected chi connectivity index (χ1v) is 6.84. The molecule has 16 heavy (non-hydrogen) atoms. The Hall–Kier alpha value is -0.380. The summed E-state index contributed by atoms with van der Waals surface area (Å²) >= 11 is 7.94. The Balaban J connectivity index is 2.12. The van der Waals surface area contributed by atoms with Crippen molar-refractivity contribution >= 4 is 29.1 Å². The predicted octanol–water partition coefficient (Wildman–Crippen LogP) is 3.22. The smallest absolute Gasteiger partial charge is 0.0495 e. The Bertz CT molecular complexity index is 370. The lowest BCUT2D eigenvalue weighted by atomic mass is 10.1. The van der Waals surface area contributed by atoms with E-state index in [1.807, 2.05) is 30.9 Å². The van der Waals surface area contributed by atoms with Gasteiger partial charge in [0, 0.05) is 26.9 Å². The highest BCUT2D eigenvalue weighted by Crippen LogP contribution is 2.39. The average Bonchev–Trinajstić information content (AvgIpc) is 2.26. The van der Waals surface area contributed by atoms with Crippen molar-refractivity contribution in [3.63, 3.8) is 0 Å². The van der Waals surface area contributed by atoms with E-state index in [-0.39, 0.29) is 0 Å². The first kappa shape index (κ1) is 12.1. The van der Waals surface area contributed by atoms with Crippen LogP contribution in [0.25, 0.3) is 0 Å². The largest absolute Gasteiger partial charge is 0.381 e. The maximum absolute atomic E-state index is 5.99. The molecule has 1 aliphatic rings. The lowest BCUT2D eigenvalue weighted by molar-refractivity contribution is 0.634. The van der Waals surface area contributed by atoms with Crippen LogP contribution in [0.15, 0.2) is 23.1 Å². The van der Waals surface area contributed by atoms with E-state index in [1.165, 1.54) is 17.0 Å². The van der Waals surface area contributed by atoms with Gasteiger partial charge in [-0.3, -0.25) is 0 Å². The van der Waals surface area contributed by atoms with Crippen molar-refractivity contribution in [1.82, 2.24) is 5.32 Å². The van der Waals surface area contributed by atoms with Crippen LogP contribution in [0.1, 0.15) is 13.3 Å². The van der Waals surface area contributed by atoms with Gasteiger partial charge < -0.3 is 10.6 Å². The van der Waals surface area contributed by atoms with Gasteiger partial charge in [-0.05, 0) is 45.1 Å². The SMILES string of the molecule is CNCCC1Sc2ccc(Cl)cc2NC1C. The highest BCUT2D eigenvalue weighted by atomic mass is 35.5. The van der Waals surface area contributed by atoms with Crippen LogP contribution in [0.5, 0.6) is 0 Å². The minimum absolute atomic E-state index is 0.490. The molecule has 2 rings (SSSR count). The summed E-state index contributed by atoms with van der Waals surface area (Å²) in [6, 6.07) is 6.56. The van der Waals surface area contributed by atoms with Gasteiger partial charge in [0.25, 0.3) is 0 Å². The molecule has 1 aliphatic heterocycles. The van der Waals surface area contributed by atoms with Crippen LogP contribution < -0.4 is 10.6 Å². The summed E-state index contributed by atoms with van der Waals surface area (Å²) in [6.07, 6.45) is 1.18. The molecule has 2 nitrogen and oxygen atoms in total. The van der Waals surface area contributed by atoms with Crippen LogP contribution in [0.4, 0.5) is 5.69 Å². The lowest BCUT2D eigenvalue weighted by Gasteiger charge is -2.32. The maximum atomic E-state index is 5.99. The Morgan fingerprint density at radius 2 is 2.31 bits per heavy atom. The molecule has 1 heterocycles. The van der Waals surface area contributed by atoms with Gasteiger partial charge in [0.15, 0.2) is 0 Å². The molecule has 4 heteroatoms. The number of rotatable bonds is 3. The third-order valence-corrected chi connectivity index (χ3v) is 4.63. The van der Waals surface area contributed by atoms with Crippen LogP contribution in [-0.2, 0) is 0 Å². The van der Waals surface area contributed by atoms with Gasteiger partial charge in [0.05, 0.1) is 0 Å². The predicted molar refractivity (Wildman–Crippen MR) is 72.7 cm³/mol. The average molecular weight is 257 g/mol. The Kier molecular flexibility index (Phi) is 4.00. The topological polar surface area (TPSA) is 24.1 Å². The van der Waals surface area contributed by atoms with E-state index in [4.69, 9.17) is 11.6 Å². The van der Waals surface area contributed by atoms with Crippen molar-refractivity contribution in [2.75, 3.05) is 18.9 Å². The maximum Gasteiger partial charge on any atom is 0.0495 e. The van der Waals surface area contributed by atoms with E-state index in [1.54, 1.807) is 0 Å². The molecular weight excluding hydrogens is 240 g/mol. The molecule has 0 fully saturated rings. The van der Waals surface area contributed by atoms with Gasteiger partial charge >= 0.3 is 0 Å². The van der Waals surface area contributed by atoms with E-state index in [0.29, 0.717) is 11.3 Å². The molecule has 0 aliphatic carbocycles.